The number of anilines is 1. The molecule has 84 valence electrons. The number of hydrogen-bond acceptors (Lipinski definition) is 3. The molecule has 0 atom stereocenters. The minimum atomic E-state index is -0.0351. The van der Waals surface area contributed by atoms with Gasteiger partial charge in [0.15, 0.2) is 0 Å². The first kappa shape index (κ1) is 11.8. The van der Waals surface area contributed by atoms with Crippen LogP contribution >= 0.6 is 0 Å². The van der Waals surface area contributed by atoms with Crippen LogP contribution in [0, 0.1) is 6.92 Å². The number of nitrogens with zero attached hydrogens (tertiary/aromatic N) is 1. The van der Waals surface area contributed by atoms with Gasteiger partial charge in [0.1, 0.15) is 11.6 Å². The zero-order chi connectivity index (χ0) is 11.3. The summed E-state index contributed by atoms with van der Waals surface area (Å²) >= 11 is 0. The maximum absolute atomic E-state index is 11.6. The van der Waals surface area contributed by atoms with Crippen LogP contribution in [-0.4, -0.2) is 16.5 Å². The molecule has 15 heavy (non-hydrogen) atoms. The summed E-state index contributed by atoms with van der Waals surface area (Å²) in [7, 11) is 0. The molecule has 0 aliphatic carbocycles. The molecular formula is C11H19N3O. The maximum atomic E-state index is 11.6. The molecule has 0 unspecified atom stereocenters. The summed E-state index contributed by atoms with van der Waals surface area (Å²) in [6.45, 7) is 6.80. The summed E-state index contributed by atoms with van der Waals surface area (Å²) in [6, 6.07) is 0. The van der Waals surface area contributed by atoms with Crippen LogP contribution in [0.5, 0.6) is 0 Å². The second kappa shape index (κ2) is 5.53. The van der Waals surface area contributed by atoms with Crippen molar-refractivity contribution in [2.45, 2.75) is 40.0 Å². The molecule has 1 heterocycles. The first-order chi connectivity index (χ1) is 7.19. The van der Waals surface area contributed by atoms with E-state index in [-0.39, 0.29) is 5.56 Å². The Bertz CT molecular complexity index is 371. The molecule has 1 rings (SSSR count). The Morgan fingerprint density at radius 1 is 1.33 bits per heavy atom. The molecule has 0 aromatic carbocycles. The molecule has 2 N–H and O–H groups in total. The predicted molar refractivity (Wildman–Crippen MR) is 62.4 cm³/mol. The number of nitrogens with one attached hydrogen (secondary N) is 2. The lowest BCUT2D eigenvalue weighted by Gasteiger charge is -2.08. The number of H-pyrrole nitrogens is 1. The lowest BCUT2D eigenvalue weighted by molar-refractivity contribution is 0.817. The summed E-state index contributed by atoms with van der Waals surface area (Å²) in [6.07, 6.45) is 2.83. The Morgan fingerprint density at radius 2 is 2.07 bits per heavy atom. The van der Waals surface area contributed by atoms with Crippen molar-refractivity contribution in [2.24, 2.45) is 0 Å². The van der Waals surface area contributed by atoms with Gasteiger partial charge in [0.2, 0.25) is 0 Å². The lowest BCUT2D eigenvalue weighted by Crippen LogP contribution is -2.18. The van der Waals surface area contributed by atoms with Gasteiger partial charge in [0, 0.05) is 13.0 Å². The largest absolute Gasteiger partial charge is 0.370 e. The van der Waals surface area contributed by atoms with Crippen LogP contribution < -0.4 is 10.9 Å². The smallest absolute Gasteiger partial charge is 0.255 e. The monoisotopic (exact) mass is 209 g/mol. The Morgan fingerprint density at radius 3 is 2.67 bits per heavy atom. The average Bonchev–Trinajstić information content (AvgIpc) is 2.21. The van der Waals surface area contributed by atoms with Gasteiger partial charge in [-0.3, -0.25) is 4.79 Å². The fourth-order valence-electron chi connectivity index (χ4n) is 1.35. The predicted octanol–water partition coefficient (Wildman–Crippen LogP) is 1.85. The summed E-state index contributed by atoms with van der Waals surface area (Å²) in [5.74, 6) is 1.50. The van der Waals surface area contributed by atoms with E-state index >= 15 is 0 Å². The average molecular weight is 209 g/mol. The Labute approximate surface area is 90.1 Å². The molecule has 0 bridgehead atoms. The number of rotatable bonds is 5. The van der Waals surface area contributed by atoms with E-state index in [9.17, 15) is 4.79 Å². The highest BCUT2D eigenvalue weighted by molar-refractivity contribution is 5.41. The molecule has 0 radical (unpaired) electrons. The third-order valence-electron chi connectivity index (χ3n) is 2.23. The molecule has 0 fully saturated rings. The molecule has 4 heteroatoms. The van der Waals surface area contributed by atoms with Crippen molar-refractivity contribution in [1.29, 1.82) is 0 Å². The molecule has 0 spiro atoms. The van der Waals surface area contributed by atoms with Gasteiger partial charge in [-0.2, -0.15) is 0 Å². The van der Waals surface area contributed by atoms with Gasteiger partial charge in [-0.15, -0.1) is 0 Å². The zero-order valence-electron chi connectivity index (χ0n) is 9.68. The SMILES string of the molecule is CCCNc1nc(CCC)[nH]c(=O)c1C. The van der Waals surface area contributed by atoms with Gasteiger partial charge in [0.25, 0.3) is 5.56 Å². The van der Waals surface area contributed by atoms with Crippen LogP contribution in [0.25, 0.3) is 0 Å². The van der Waals surface area contributed by atoms with E-state index in [1.807, 2.05) is 0 Å². The van der Waals surface area contributed by atoms with E-state index in [0.29, 0.717) is 5.56 Å². The molecule has 1 aromatic rings. The van der Waals surface area contributed by atoms with Crippen molar-refractivity contribution in [3.05, 3.63) is 21.7 Å². The third-order valence-corrected chi connectivity index (χ3v) is 2.23. The number of aryl methyl sites for hydroxylation is 1. The number of aromatic amines is 1. The van der Waals surface area contributed by atoms with Gasteiger partial charge in [-0.05, 0) is 19.8 Å². The van der Waals surface area contributed by atoms with E-state index in [0.717, 1.165) is 37.4 Å². The molecule has 4 nitrogen and oxygen atoms in total. The van der Waals surface area contributed by atoms with Gasteiger partial charge in [-0.25, -0.2) is 4.98 Å². The minimum absolute atomic E-state index is 0.0351. The van der Waals surface area contributed by atoms with Crippen LogP contribution in [-0.2, 0) is 6.42 Å². The van der Waals surface area contributed by atoms with E-state index in [1.54, 1.807) is 6.92 Å². The van der Waals surface area contributed by atoms with Crippen LogP contribution in [0.15, 0.2) is 4.79 Å². The Balaban J connectivity index is 2.96. The van der Waals surface area contributed by atoms with Crippen LogP contribution in [0.3, 0.4) is 0 Å². The van der Waals surface area contributed by atoms with Crippen molar-refractivity contribution >= 4 is 5.82 Å². The van der Waals surface area contributed by atoms with Gasteiger partial charge in [-0.1, -0.05) is 13.8 Å². The highest BCUT2D eigenvalue weighted by Crippen LogP contribution is 2.07. The number of hydrogen-bond donors (Lipinski definition) is 2. The Kier molecular flexibility index (Phi) is 4.34. The normalized spacial score (nSPS) is 10.3. The molecule has 0 aliphatic heterocycles. The van der Waals surface area contributed by atoms with Crippen molar-refractivity contribution in [3.63, 3.8) is 0 Å². The molecule has 0 amide bonds. The van der Waals surface area contributed by atoms with Gasteiger partial charge in [0.05, 0.1) is 5.56 Å². The van der Waals surface area contributed by atoms with E-state index < -0.39 is 0 Å². The van der Waals surface area contributed by atoms with E-state index in [1.165, 1.54) is 0 Å². The summed E-state index contributed by atoms with van der Waals surface area (Å²) in [5, 5.41) is 3.17. The summed E-state index contributed by atoms with van der Waals surface area (Å²) in [4.78, 5) is 18.7. The van der Waals surface area contributed by atoms with E-state index in [4.69, 9.17) is 0 Å². The first-order valence-electron chi connectivity index (χ1n) is 5.52. The van der Waals surface area contributed by atoms with Crippen molar-refractivity contribution in [1.82, 2.24) is 9.97 Å². The highest BCUT2D eigenvalue weighted by Gasteiger charge is 2.05. The molecule has 0 saturated heterocycles. The zero-order valence-corrected chi connectivity index (χ0v) is 9.68. The van der Waals surface area contributed by atoms with Gasteiger partial charge >= 0.3 is 0 Å². The van der Waals surface area contributed by atoms with Crippen molar-refractivity contribution in [3.8, 4) is 0 Å². The molecule has 0 saturated carbocycles. The lowest BCUT2D eigenvalue weighted by atomic mass is 10.3. The highest BCUT2D eigenvalue weighted by atomic mass is 16.1. The molecule has 1 aromatic heterocycles. The van der Waals surface area contributed by atoms with E-state index in [2.05, 4.69) is 29.1 Å². The number of aromatic nitrogens is 2. The fourth-order valence-corrected chi connectivity index (χ4v) is 1.35. The fraction of sp³-hybridized carbons (Fsp3) is 0.636. The van der Waals surface area contributed by atoms with Crippen LogP contribution in [0.2, 0.25) is 0 Å². The summed E-state index contributed by atoms with van der Waals surface area (Å²) < 4.78 is 0. The standard InChI is InChI=1S/C11H19N3O/c1-4-6-9-13-10(12-7-5-2)8(3)11(15)14-9/h4-7H2,1-3H3,(H2,12,13,14,15). The molecular weight excluding hydrogens is 190 g/mol. The third kappa shape index (κ3) is 3.08. The maximum Gasteiger partial charge on any atom is 0.255 e. The van der Waals surface area contributed by atoms with Crippen LogP contribution in [0.1, 0.15) is 38.1 Å². The Hall–Kier alpha value is -1.32. The van der Waals surface area contributed by atoms with Crippen LogP contribution in [0.4, 0.5) is 5.82 Å². The van der Waals surface area contributed by atoms with Crippen molar-refractivity contribution < 1.29 is 0 Å². The topological polar surface area (TPSA) is 57.8 Å². The first-order valence-corrected chi connectivity index (χ1v) is 5.52. The second-order valence-corrected chi connectivity index (χ2v) is 3.66. The summed E-state index contributed by atoms with van der Waals surface area (Å²) in [5.41, 5.74) is 0.635. The molecule has 0 aliphatic rings. The second-order valence-electron chi connectivity index (χ2n) is 3.66. The minimum Gasteiger partial charge on any atom is -0.370 e. The quantitative estimate of drug-likeness (QED) is 0.778. The van der Waals surface area contributed by atoms with Crippen molar-refractivity contribution in [2.75, 3.05) is 11.9 Å². The van der Waals surface area contributed by atoms with Gasteiger partial charge < -0.3 is 10.3 Å².